The Morgan fingerprint density at radius 3 is 2.44 bits per heavy atom. The molecule has 7 nitrogen and oxygen atoms in total. The lowest BCUT2D eigenvalue weighted by Crippen LogP contribution is -2.36. The highest BCUT2D eigenvalue weighted by Crippen LogP contribution is 2.21. The van der Waals surface area contributed by atoms with Crippen LogP contribution in [0.4, 0.5) is 4.79 Å². The van der Waals surface area contributed by atoms with E-state index >= 15 is 0 Å². The van der Waals surface area contributed by atoms with Gasteiger partial charge in [-0.1, -0.05) is 36.8 Å². The van der Waals surface area contributed by atoms with Gasteiger partial charge in [0.1, 0.15) is 0 Å². The number of aryl methyl sites for hydroxylation is 1. The molecule has 0 bridgehead atoms. The van der Waals surface area contributed by atoms with Gasteiger partial charge in [0.15, 0.2) is 0 Å². The molecule has 4 rings (SSSR count). The van der Waals surface area contributed by atoms with Crippen LogP contribution in [0.2, 0.25) is 0 Å². The van der Waals surface area contributed by atoms with Crippen LogP contribution in [-0.4, -0.2) is 43.0 Å². The first-order valence-electron chi connectivity index (χ1n) is 11.2. The highest BCUT2D eigenvalue weighted by Gasteiger charge is 2.25. The minimum atomic E-state index is -3.43. The maximum Gasteiger partial charge on any atom is 0.315 e. The first-order valence-corrected chi connectivity index (χ1v) is 12.6. The maximum atomic E-state index is 12.7. The van der Waals surface area contributed by atoms with E-state index in [1.54, 1.807) is 28.6 Å². The van der Waals surface area contributed by atoms with Gasteiger partial charge in [0.05, 0.1) is 4.90 Å². The van der Waals surface area contributed by atoms with Gasteiger partial charge in [0.2, 0.25) is 10.0 Å². The zero-order valence-corrected chi connectivity index (χ0v) is 19.0. The molecule has 0 unspecified atom stereocenters. The van der Waals surface area contributed by atoms with Gasteiger partial charge in [0, 0.05) is 44.4 Å². The first-order chi connectivity index (χ1) is 15.5. The number of carbonyl (C=O) groups excluding carboxylic acids is 1. The molecule has 0 atom stereocenters. The van der Waals surface area contributed by atoms with E-state index in [9.17, 15) is 13.2 Å². The third kappa shape index (κ3) is 5.31. The number of aromatic nitrogens is 1. The summed E-state index contributed by atoms with van der Waals surface area (Å²) < 4.78 is 29.2. The second kappa shape index (κ2) is 10.2. The molecule has 3 aromatic rings. The summed E-state index contributed by atoms with van der Waals surface area (Å²) in [5, 5.41) is 6.92. The van der Waals surface area contributed by atoms with Gasteiger partial charge < -0.3 is 15.2 Å². The van der Waals surface area contributed by atoms with Crippen LogP contribution in [0.5, 0.6) is 0 Å². The monoisotopic (exact) mass is 454 g/mol. The van der Waals surface area contributed by atoms with Gasteiger partial charge in [0.25, 0.3) is 0 Å². The number of urea groups is 1. The van der Waals surface area contributed by atoms with E-state index in [2.05, 4.69) is 39.6 Å². The topological polar surface area (TPSA) is 83.4 Å². The quantitative estimate of drug-likeness (QED) is 0.509. The molecule has 2 N–H and O–H groups in total. The fourth-order valence-corrected chi connectivity index (χ4v) is 5.58. The number of benzene rings is 2. The highest BCUT2D eigenvalue weighted by atomic mass is 32.2. The SMILES string of the molecule is O=C(NCCCn1ccc2ccccc21)NCc1ccc(S(=O)(=O)N2CCCCC2)cc1. The third-order valence-electron chi connectivity index (χ3n) is 5.87. The van der Waals surface area contributed by atoms with Crippen LogP contribution in [0.15, 0.2) is 65.7 Å². The van der Waals surface area contributed by atoms with Gasteiger partial charge in [-0.25, -0.2) is 13.2 Å². The van der Waals surface area contributed by atoms with Crippen LogP contribution >= 0.6 is 0 Å². The van der Waals surface area contributed by atoms with E-state index in [1.807, 2.05) is 12.1 Å². The van der Waals surface area contributed by atoms with Crippen molar-refractivity contribution in [2.24, 2.45) is 0 Å². The minimum absolute atomic E-state index is 0.229. The summed E-state index contributed by atoms with van der Waals surface area (Å²) >= 11 is 0. The summed E-state index contributed by atoms with van der Waals surface area (Å²) in [4.78, 5) is 12.4. The van der Waals surface area contributed by atoms with E-state index < -0.39 is 10.0 Å². The van der Waals surface area contributed by atoms with Gasteiger partial charge in [-0.3, -0.25) is 0 Å². The molecule has 1 aliphatic rings. The molecule has 1 aliphatic heterocycles. The Balaban J connectivity index is 1.20. The standard InChI is InChI=1S/C24H30N4O3S/c29-24(25-14-6-15-27-18-13-21-7-2-3-8-23(21)27)26-19-20-9-11-22(12-10-20)32(30,31)28-16-4-1-5-17-28/h2-3,7-13,18H,1,4-6,14-17,19H2,(H2,25,26,29). The Kier molecular flexibility index (Phi) is 7.12. The van der Waals surface area contributed by atoms with Crippen molar-refractivity contribution in [2.45, 2.75) is 43.7 Å². The lowest BCUT2D eigenvalue weighted by atomic mass is 10.2. The molecule has 0 radical (unpaired) electrons. The number of nitrogens with one attached hydrogen (secondary N) is 2. The first kappa shape index (κ1) is 22.4. The Hall–Kier alpha value is -2.84. The van der Waals surface area contributed by atoms with Crippen LogP contribution in [0.25, 0.3) is 10.9 Å². The summed E-state index contributed by atoms with van der Waals surface area (Å²) in [5.74, 6) is 0. The summed E-state index contributed by atoms with van der Waals surface area (Å²) in [5.41, 5.74) is 2.05. The predicted octanol–water partition coefficient (Wildman–Crippen LogP) is 3.71. The zero-order valence-electron chi connectivity index (χ0n) is 18.2. The number of amides is 2. The normalized spacial score (nSPS) is 15.0. The lowest BCUT2D eigenvalue weighted by molar-refractivity contribution is 0.240. The number of carbonyl (C=O) groups is 1. The second-order valence-electron chi connectivity index (χ2n) is 8.14. The number of piperidine rings is 1. The molecule has 170 valence electrons. The van der Waals surface area contributed by atoms with Gasteiger partial charge in [-0.05, 0) is 54.5 Å². The molecule has 2 amide bonds. The Morgan fingerprint density at radius 2 is 1.66 bits per heavy atom. The molecule has 32 heavy (non-hydrogen) atoms. The number of hydrogen-bond donors (Lipinski definition) is 2. The largest absolute Gasteiger partial charge is 0.347 e. The fourth-order valence-electron chi connectivity index (χ4n) is 4.07. The predicted molar refractivity (Wildman–Crippen MR) is 126 cm³/mol. The van der Waals surface area contributed by atoms with Crippen molar-refractivity contribution in [2.75, 3.05) is 19.6 Å². The van der Waals surface area contributed by atoms with Gasteiger partial charge >= 0.3 is 6.03 Å². The molecule has 0 aliphatic carbocycles. The Labute approximate surface area is 189 Å². The Bertz CT molecular complexity index is 1150. The summed E-state index contributed by atoms with van der Waals surface area (Å²) in [6, 6.07) is 16.9. The van der Waals surface area contributed by atoms with Crippen molar-refractivity contribution in [3.05, 3.63) is 66.4 Å². The fraction of sp³-hybridized carbons (Fsp3) is 0.375. The van der Waals surface area contributed by atoms with E-state index in [4.69, 9.17) is 0 Å². The molecule has 1 aromatic heterocycles. The highest BCUT2D eigenvalue weighted by molar-refractivity contribution is 7.89. The van der Waals surface area contributed by atoms with E-state index in [1.165, 1.54) is 10.9 Å². The van der Waals surface area contributed by atoms with Crippen LogP contribution in [0, 0.1) is 0 Å². The summed E-state index contributed by atoms with van der Waals surface area (Å²) in [6.45, 7) is 2.93. The number of sulfonamides is 1. The summed E-state index contributed by atoms with van der Waals surface area (Å²) in [7, 11) is -3.43. The van der Waals surface area contributed by atoms with E-state index in [0.717, 1.165) is 37.8 Å². The van der Waals surface area contributed by atoms with Gasteiger partial charge in [-0.2, -0.15) is 4.31 Å². The van der Waals surface area contributed by atoms with E-state index in [0.29, 0.717) is 31.1 Å². The van der Waals surface area contributed by atoms with Crippen molar-refractivity contribution < 1.29 is 13.2 Å². The van der Waals surface area contributed by atoms with Crippen molar-refractivity contribution >= 4 is 27.0 Å². The second-order valence-corrected chi connectivity index (χ2v) is 10.1. The Morgan fingerprint density at radius 1 is 0.906 bits per heavy atom. The minimum Gasteiger partial charge on any atom is -0.347 e. The number of para-hydroxylation sites is 1. The number of fused-ring (bicyclic) bond motifs is 1. The average Bonchev–Trinajstić information content (AvgIpc) is 3.24. The number of nitrogens with zero attached hydrogens (tertiary/aromatic N) is 2. The molecule has 1 fully saturated rings. The van der Waals surface area contributed by atoms with Crippen molar-refractivity contribution in [3.8, 4) is 0 Å². The lowest BCUT2D eigenvalue weighted by Gasteiger charge is -2.25. The molecule has 2 heterocycles. The summed E-state index contributed by atoms with van der Waals surface area (Å²) in [6.07, 6.45) is 5.81. The smallest absolute Gasteiger partial charge is 0.315 e. The van der Waals surface area contributed by atoms with E-state index in [-0.39, 0.29) is 6.03 Å². The van der Waals surface area contributed by atoms with Crippen molar-refractivity contribution in [3.63, 3.8) is 0 Å². The van der Waals surface area contributed by atoms with Crippen molar-refractivity contribution in [1.29, 1.82) is 0 Å². The van der Waals surface area contributed by atoms with Crippen LogP contribution < -0.4 is 10.6 Å². The van der Waals surface area contributed by atoms with Crippen LogP contribution in [-0.2, 0) is 23.1 Å². The van der Waals surface area contributed by atoms with Crippen molar-refractivity contribution in [1.82, 2.24) is 19.5 Å². The molecular formula is C24H30N4O3S. The van der Waals surface area contributed by atoms with Gasteiger partial charge in [-0.15, -0.1) is 0 Å². The molecular weight excluding hydrogens is 424 g/mol. The molecule has 0 saturated carbocycles. The zero-order chi connectivity index (χ0) is 22.4. The van der Waals surface area contributed by atoms with Crippen LogP contribution in [0.1, 0.15) is 31.2 Å². The maximum absolute atomic E-state index is 12.7. The average molecular weight is 455 g/mol. The number of rotatable bonds is 8. The van der Waals surface area contributed by atoms with Crippen LogP contribution in [0.3, 0.4) is 0 Å². The number of hydrogen-bond acceptors (Lipinski definition) is 3. The molecule has 1 saturated heterocycles. The third-order valence-corrected chi connectivity index (χ3v) is 7.78. The molecule has 2 aromatic carbocycles. The molecule has 0 spiro atoms. The molecule has 8 heteroatoms.